The van der Waals surface area contributed by atoms with Crippen LogP contribution in [0.4, 0.5) is 0 Å². The summed E-state index contributed by atoms with van der Waals surface area (Å²) in [5, 5.41) is 2.90. The van der Waals surface area contributed by atoms with E-state index in [0.29, 0.717) is 19.3 Å². The molecule has 0 bridgehead atoms. The first-order chi connectivity index (χ1) is 11.7. The van der Waals surface area contributed by atoms with Gasteiger partial charge in [-0.25, -0.2) is 0 Å². The lowest BCUT2D eigenvalue weighted by Crippen LogP contribution is -2.54. The molecule has 0 aromatic heterocycles. The van der Waals surface area contributed by atoms with Crippen LogP contribution in [0.5, 0.6) is 0 Å². The monoisotopic (exact) mass is 347 g/mol. The van der Waals surface area contributed by atoms with Crippen LogP contribution in [0, 0.1) is 11.3 Å². The third-order valence-electron chi connectivity index (χ3n) is 4.94. The summed E-state index contributed by atoms with van der Waals surface area (Å²) < 4.78 is 0. The van der Waals surface area contributed by atoms with E-state index >= 15 is 0 Å². The molecule has 0 heterocycles. The Balaban J connectivity index is 2.89. The zero-order chi connectivity index (χ0) is 19.0. The Labute approximate surface area is 149 Å². The van der Waals surface area contributed by atoms with Crippen LogP contribution in [0.3, 0.4) is 0 Å². The molecule has 138 valence electrons. The molecular weight excluding hydrogens is 318 g/mol. The van der Waals surface area contributed by atoms with Gasteiger partial charge in [-0.2, -0.15) is 0 Å². The Morgan fingerprint density at radius 2 is 1.72 bits per heavy atom. The molecule has 0 fully saturated rings. The topological polar surface area (TPSA) is 115 Å². The summed E-state index contributed by atoms with van der Waals surface area (Å²) in [6.45, 7) is 5.43. The molecule has 0 aliphatic rings. The van der Waals surface area contributed by atoms with Crippen molar-refractivity contribution in [3.05, 3.63) is 35.9 Å². The SMILES string of the molecule is CCC(Cc1ccccc1)(C(N)=O)C(C)NC(=O)C(C)CCC(N)=O. The first kappa shape index (κ1) is 20.7. The van der Waals surface area contributed by atoms with E-state index in [1.165, 1.54) is 0 Å². The van der Waals surface area contributed by atoms with Gasteiger partial charge in [0.15, 0.2) is 0 Å². The zero-order valence-electron chi connectivity index (χ0n) is 15.2. The Morgan fingerprint density at radius 3 is 2.20 bits per heavy atom. The maximum absolute atomic E-state index is 12.4. The summed E-state index contributed by atoms with van der Waals surface area (Å²) in [6.07, 6.45) is 1.50. The molecule has 25 heavy (non-hydrogen) atoms. The fourth-order valence-electron chi connectivity index (χ4n) is 3.00. The lowest BCUT2D eigenvalue weighted by atomic mass is 9.73. The van der Waals surface area contributed by atoms with Crippen LogP contribution in [0.1, 0.15) is 45.6 Å². The number of benzene rings is 1. The third-order valence-corrected chi connectivity index (χ3v) is 4.94. The van der Waals surface area contributed by atoms with E-state index in [4.69, 9.17) is 11.5 Å². The number of carbonyl (C=O) groups excluding carboxylic acids is 3. The summed E-state index contributed by atoms with van der Waals surface area (Å²) >= 11 is 0. The van der Waals surface area contributed by atoms with Crippen LogP contribution < -0.4 is 16.8 Å². The molecule has 0 radical (unpaired) electrons. The van der Waals surface area contributed by atoms with Crippen molar-refractivity contribution in [3.63, 3.8) is 0 Å². The smallest absolute Gasteiger partial charge is 0.226 e. The van der Waals surface area contributed by atoms with Crippen molar-refractivity contribution in [3.8, 4) is 0 Å². The van der Waals surface area contributed by atoms with Gasteiger partial charge in [-0.1, -0.05) is 44.2 Å². The molecule has 5 N–H and O–H groups in total. The van der Waals surface area contributed by atoms with Gasteiger partial charge in [-0.15, -0.1) is 0 Å². The lowest BCUT2D eigenvalue weighted by molar-refractivity contribution is -0.132. The van der Waals surface area contributed by atoms with Crippen LogP contribution in [0.25, 0.3) is 0 Å². The van der Waals surface area contributed by atoms with Crippen molar-refractivity contribution in [2.24, 2.45) is 22.8 Å². The van der Waals surface area contributed by atoms with Crippen LogP contribution in [0.15, 0.2) is 30.3 Å². The minimum absolute atomic E-state index is 0.154. The number of hydrogen-bond acceptors (Lipinski definition) is 3. The van der Waals surface area contributed by atoms with E-state index in [0.717, 1.165) is 5.56 Å². The number of hydrogen-bond donors (Lipinski definition) is 3. The number of amides is 3. The molecule has 0 saturated carbocycles. The van der Waals surface area contributed by atoms with Crippen molar-refractivity contribution in [1.29, 1.82) is 0 Å². The Hall–Kier alpha value is -2.37. The van der Waals surface area contributed by atoms with E-state index in [-0.39, 0.29) is 18.2 Å². The number of nitrogens with two attached hydrogens (primary N) is 2. The molecule has 0 saturated heterocycles. The normalized spacial score (nSPS) is 15.6. The van der Waals surface area contributed by atoms with Crippen molar-refractivity contribution < 1.29 is 14.4 Å². The lowest BCUT2D eigenvalue weighted by Gasteiger charge is -2.36. The minimum Gasteiger partial charge on any atom is -0.370 e. The highest BCUT2D eigenvalue weighted by Crippen LogP contribution is 2.31. The largest absolute Gasteiger partial charge is 0.370 e. The number of primary amides is 2. The highest BCUT2D eigenvalue weighted by Gasteiger charge is 2.41. The van der Waals surface area contributed by atoms with Crippen LogP contribution in [0.2, 0.25) is 0 Å². The quantitative estimate of drug-likeness (QED) is 0.596. The second kappa shape index (κ2) is 9.20. The van der Waals surface area contributed by atoms with Gasteiger partial charge in [0.25, 0.3) is 0 Å². The van der Waals surface area contributed by atoms with Gasteiger partial charge in [0.05, 0.1) is 5.41 Å². The van der Waals surface area contributed by atoms with E-state index in [9.17, 15) is 14.4 Å². The van der Waals surface area contributed by atoms with E-state index in [1.54, 1.807) is 13.8 Å². The first-order valence-corrected chi connectivity index (χ1v) is 8.65. The van der Waals surface area contributed by atoms with Crippen molar-refractivity contribution in [2.45, 2.75) is 52.5 Å². The summed E-state index contributed by atoms with van der Waals surface area (Å²) in [6, 6.07) is 9.18. The van der Waals surface area contributed by atoms with Gasteiger partial charge in [0, 0.05) is 18.4 Å². The molecule has 1 aromatic carbocycles. The molecule has 0 aliphatic carbocycles. The molecule has 0 spiro atoms. The summed E-state index contributed by atoms with van der Waals surface area (Å²) in [7, 11) is 0. The van der Waals surface area contributed by atoms with Gasteiger partial charge < -0.3 is 16.8 Å². The standard InChI is InChI=1S/C19H29N3O3/c1-4-19(18(21)25,12-15-8-6-5-7-9-15)14(3)22-17(24)13(2)10-11-16(20)23/h5-9,13-14H,4,10-12H2,1-3H3,(H2,20,23)(H2,21,25)(H,22,24). The maximum Gasteiger partial charge on any atom is 0.226 e. The Bertz CT molecular complexity index is 603. The Kier molecular flexibility index (Phi) is 7.61. The molecule has 6 nitrogen and oxygen atoms in total. The predicted molar refractivity (Wildman–Crippen MR) is 97.3 cm³/mol. The number of carbonyl (C=O) groups is 3. The van der Waals surface area contributed by atoms with Crippen molar-refractivity contribution in [2.75, 3.05) is 0 Å². The van der Waals surface area contributed by atoms with E-state index in [1.807, 2.05) is 37.3 Å². The summed E-state index contributed by atoms with van der Waals surface area (Å²) in [4.78, 5) is 35.5. The van der Waals surface area contributed by atoms with Gasteiger partial charge in [-0.05, 0) is 31.7 Å². The fraction of sp³-hybridized carbons (Fsp3) is 0.526. The highest BCUT2D eigenvalue weighted by molar-refractivity contribution is 5.84. The van der Waals surface area contributed by atoms with Crippen molar-refractivity contribution in [1.82, 2.24) is 5.32 Å². The van der Waals surface area contributed by atoms with E-state index in [2.05, 4.69) is 5.32 Å². The molecule has 3 atom stereocenters. The van der Waals surface area contributed by atoms with Crippen LogP contribution >= 0.6 is 0 Å². The predicted octanol–water partition coefficient (Wildman–Crippen LogP) is 1.52. The van der Waals surface area contributed by atoms with Gasteiger partial charge in [-0.3, -0.25) is 14.4 Å². The van der Waals surface area contributed by atoms with Gasteiger partial charge in [0.1, 0.15) is 0 Å². The van der Waals surface area contributed by atoms with Crippen molar-refractivity contribution >= 4 is 17.7 Å². The minimum atomic E-state index is -0.875. The van der Waals surface area contributed by atoms with Crippen LogP contribution in [-0.2, 0) is 20.8 Å². The van der Waals surface area contributed by atoms with E-state index < -0.39 is 23.3 Å². The third kappa shape index (κ3) is 5.59. The second-order valence-corrected chi connectivity index (χ2v) is 6.67. The molecule has 0 aliphatic heterocycles. The number of rotatable bonds is 10. The fourth-order valence-corrected chi connectivity index (χ4v) is 3.00. The maximum atomic E-state index is 12.4. The van der Waals surface area contributed by atoms with Gasteiger partial charge >= 0.3 is 0 Å². The molecular formula is C19H29N3O3. The average Bonchev–Trinajstić information content (AvgIpc) is 2.57. The highest BCUT2D eigenvalue weighted by atomic mass is 16.2. The molecule has 3 amide bonds. The summed E-state index contributed by atoms with van der Waals surface area (Å²) in [5.74, 6) is -1.44. The molecule has 6 heteroatoms. The van der Waals surface area contributed by atoms with Crippen LogP contribution in [-0.4, -0.2) is 23.8 Å². The zero-order valence-corrected chi connectivity index (χ0v) is 15.2. The Morgan fingerprint density at radius 1 is 1.12 bits per heavy atom. The number of nitrogens with one attached hydrogen (secondary N) is 1. The molecule has 1 aromatic rings. The second-order valence-electron chi connectivity index (χ2n) is 6.67. The first-order valence-electron chi connectivity index (χ1n) is 8.65. The average molecular weight is 347 g/mol. The summed E-state index contributed by atoms with van der Waals surface area (Å²) in [5.41, 5.74) is 11.0. The molecule has 3 unspecified atom stereocenters. The van der Waals surface area contributed by atoms with Gasteiger partial charge in [0.2, 0.25) is 17.7 Å². The molecule has 1 rings (SSSR count).